The van der Waals surface area contributed by atoms with Gasteiger partial charge >= 0.3 is 11.9 Å². The zero-order valence-electron chi connectivity index (χ0n) is 44.6. The number of hydrogen-bond donors (Lipinski definition) is 13. The number of carbonyl (C=O) groups is 12. The van der Waals surface area contributed by atoms with Crippen molar-refractivity contribution in [1.82, 2.24) is 47.4 Å². The van der Waals surface area contributed by atoms with E-state index in [2.05, 4.69) is 42.5 Å². The van der Waals surface area contributed by atoms with E-state index in [-0.39, 0.29) is 43.6 Å². The van der Waals surface area contributed by atoms with Crippen LogP contribution in [0.1, 0.15) is 134 Å². The van der Waals surface area contributed by atoms with Crippen LogP contribution in [0.15, 0.2) is 0 Å². The molecule has 1 rings (SSSR count). The molecule has 1 heterocycles. The van der Waals surface area contributed by atoms with Crippen LogP contribution in [0.25, 0.3) is 0 Å². The van der Waals surface area contributed by atoms with Crippen LogP contribution in [0.2, 0.25) is 0 Å². The molecule has 0 aromatic rings. The quantitative estimate of drug-likeness (QED) is 0.0334. The van der Waals surface area contributed by atoms with Gasteiger partial charge in [0.1, 0.15) is 54.4 Å². The zero-order valence-corrected chi connectivity index (χ0v) is 44.6. The highest BCUT2D eigenvalue weighted by Gasteiger charge is 2.40. The molecule has 1 aliphatic heterocycles. The number of carboxylic acid groups (broad SMARTS) is 2. The Bertz CT molecular complexity index is 2000. The largest absolute Gasteiger partial charge is 0.481 e. The van der Waals surface area contributed by atoms with Crippen LogP contribution in [0.3, 0.4) is 0 Å². The zero-order chi connectivity index (χ0) is 56.9. The van der Waals surface area contributed by atoms with Crippen LogP contribution >= 0.6 is 0 Å². The lowest BCUT2D eigenvalue weighted by Gasteiger charge is -2.30. The normalized spacial score (nSPS) is 17.9. The second-order valence-corrected chi connectivity index (χ2v) is 20.4. The van der Waals surface area contributed by atoms with E-state index in [1.807, 2.05) is 13.8 Å². The van der Waals surface area contributed by atoms with Crippen molar-refractivity contribution in [3.63, 3.8) is 0 Å². The van der Waals surface area contributed by atoms with Crippen LogP contribution in [0.4, 0.5) is 0 Å². The van der Waals surface area contributed by atoms with Gasteiger partial charge in [-0.05, 0) is 83.0 Å². The molecule has 0 saturated carbocycles. The maximum atomic E-state index is 13.9. The monoisotopic (exact) mass is 1050 g/mol. The van der Waals surface area contributed by atoms with Crippen molar-refractivity contribution in [2.24, 2.45) is 35.1 Å². The van der Waals surface area contributed by atoms with Gasteiger partial charge in [0.2, 0.25) is 59.1 Å². The van der Waals surface area contributed by atoms with Crippen LogP contribution in [-0.4, -0.2) is 164 Å². The van der Waals surface area contributed by atoms with Crippen LogP contribution < -0.4 is 54.0 Å². The minimum atomic E-state index is -1.78. The lowest BCUT2D eigenvalue weighted by Crippen LogP contribution is -2.62. The van der Waals surface area contributed by atoms with Crippen molar-refractivity contribution in [3.8, 4) is 0 Å². The summed E-state index contributed by atoms with van der Waals surface area (Å²) in [6.45, 7) is 18.0. The predicted octanol–water partition coefficient (Wildman–Crippen LogP) is -2.39. The highest BCUT2D eigenvalue weighted by Crippen LogP contribution is 2.20. The van der Waals surface area contributed by atoms with Gasteiger partial charge in [0, 0.05) is 13.0 Å². The number of aliphatic carboxylic acids is 2. The molecule has 0 radical (unpaired) electrons. The number of amides is 10. The molecule has 1 saturated heterocycles. The molecule has 0 spiro atoms. The number of carboxylic acids is 2. The predicted molar refractivity (Wildman–Crippen MR) is 267 cm³/mol. The van der Waals surface area contributed by atoms with E-state index < -0.39 is 163 Å². The van der Waals surface area contributed by atoms with Crippen LogP contribution in [0.5, 0.6) is 0 Å². The fourth-order valence-corrected chi connectivity index (χ4v) is 7.95. The average molecular weight is 1050 g/mol. The Kier molecular flexibility index (Phi) is 27.8. The van der Waals surface area contributed by atoms with Gasteiger partial charge in [0.05, 0.1) is 18.6 Å². The van der Waals surface area contributed by atoms with Crippen molar-refractivity contribution in [1.29, 1.82) is 0 Å². The maximum Gasteiger partial charge on any atom is 0.326 e. The first-order valence-electron chi connectivity index (χ1n) is 25.2. The molecular formula is C48H83N11O15. The van der Waals surface area contributed by atoms with Gasteiger partial charge in [0.25, 0.3) is 0 Å². The molecule has 0 aromatic carbocycles. The standard InChI is InChI=1S/C48H83N11O15/c1-12-25(8)37(45(70)52-27(10)40(65)56-33(48(73)74)20-24(6)7)57-46(71)38(28(11)60)58-41(66)30(15-16-35(50)61)53-43(68)31(19-23(4)5)54-39(64)26(9)51-42(67)32(21-36(62)63)55-44(69)34-14-13-17-59(34)47(72)29(49)18-22(2)3/h22-34,37-38,60H,12-21,49H2,1-11H3,(H2,50,61)(H,51,67)(H,52,70)(H,53,68)(H,54,64)(H,55,69)(H,56,65)(H,57,71)(H,58,66)(H,62,63)(H,73,74)/t25-,26-,27-,28+,29-,30-,31-,32-,33-,34-,37-,38-/m0/s1. The van der Waals surface area contributed by atoms with E-state index in [1.54, 1.807) is 41.5 Å². The lowest BCUT2D eigenvalue weighted by atomic mass is 9.97. The van der Waals surface area contributed by atoms with E-state index in [0.717, 1.165) is 6.92 Å². The number of aliphatic hydroxyl groups excluding tert-OH is 1. The molecule has 26 nitrogen and oxygen atoms in total. The first-order valence-corrected chi connectivity index (χ1v) is 25.2. The van der Waals surface area contributed by atoms with Gasteiger partial charge < -0.3 is 74.2 Å². The highest BCUT2D eigenvalue weighted by atomic mass is 16.4. The fraction of sp³-hybridized carbons (Fsp3) is 0.750. The Labute approximate surface area is 432 Å². The Morgan fingerprint density at radius 3 is 1.51 bits per heavy atom. The van der Waals surface area contributed by atoms with Crippen molar-refractivity contribution in [2.75, 3.05) is 6.54 Å². The van der Waals surface area contributed by atoms with Gasteiger partial charge in [-0.2, -0.15) is 0 Å². The van der Waals surface area contributed by atoms with Crippen molar-refractivity contribution >= 4 is 71.0 Å². The summed E-state index contributed by atoms with van der Waals surface area (Å²) in [6, 6.07) is -13.7. The molecule has 1 aliphatic rings. The first kappa shape index (κ1) is 65.6. The van der Waals surface area contributed by atoms with Crippen LogP contribution in [0, 0.1) is 23.7 Å². The summed E-state index contributed by atoms with van der Waals surface area (Å²) in [5.74, 6) is -12.5. The Hall–Kier alpha value is -6.44. The van der Waals surface area contributed by atoms with Gasteiger partial charge in [-0.1, -0.05) is 61.8 Å². The summed E-state index contributed by atoms with van der Waals surface area (Å²) in [7, 11) is 0. The summed E-state index contributed by atoms with van der Waals surface area (Å²) in [6.07, 6.45) is -1.97. The summed E-state index contributed by atoms with van der Waals surface area (Å²) in [5, 5.41) is 49.3. The lowest BCUT2D eigenvalue weighted by molar-refractivity contribution is -0.143. The smallest absolute Gasteiger partial charge is 0.326 e. The molecule has 12 atom stereocenters. The van der Waals surface area contributed by atoms with E-state index in [4.69, 9.17) is 11.5 Å². The molecule has 0 aliphatic carbocycles. The fourth-order valence-electron chi connectivity index (χ4n) is 7.95. The van der Waals surface area contributed by atoms with Crippen molar-refractivity contribution in [3.05, 3.63) is 0 Å². The van der Waals surface area contributed by atoms with Crippen molar-refractivity contribution < 1.29 is 72.9 Å². The molecule has 0 unspecified atom stereocenters. The van der Waals surface area contributed by atoms with E-state index in [0.29, 0.717) is 19.3 Å². The molecular weight excluding hydrogens is 971 g/mol. The number of nitrogens with zero attached hydrogens (tertiary/aromatic N) is 1. The summed E-state index contributed by atoms with van der Waals surface area (Å²) in [5.41, 5.74) is 11.5. The van der Waals surface area contributed by atoms with Gasteiger partial charge in [-0.3, -0.25) is 52.7 Å². The number of aliphatic hydroxyl groups is 1. The number of nitrogens with one attached hydrogen (secondary N) is 8. The topological polar surface area (TPSA) is 417 Å². The minimum Gasteiger partial charge on any atom is -0.481 e. The SMILES string of the molecule is CC[C@H](C)[C@H](NC(=O)[C@@H](NC(=O)[C@H](CCC(N)=O)NC(=O)[C@H](CC(C)C)NC(=O)[C@H](C)NC(=O)[C@H](CC(=O)O)NC(=O)[C@@H]1CCCN1C(=O)[C@@H](N)CC(C)C)[C@@H](C)O)C(=O)N[C@@H](C)C(=O)N[C@@H](CC(C)C)C(=O)O. The Morgan fingerprint density at radius 2 is 1.03 bits per heavy atom. The third-order valence-corrected chi connectivity index (χ3v) is 12.2. The third kappa shape index (κ3) is 22.4. The second kappa shape index (κ2) is 31.3. The average Bonchev–Trinajstić information content (AvgIpc) is 3.79. The summed E-state index contributed by atoms with van der Waals surface area (Å²) in [4.78, 5) is 158. The Balaban J connectivity index is 3.28. The molecule has 15 N–H and O–H groups in total. The molecule has 1 fully saturated rings. The number of carbonyl (C=O) groups excluding carboxylic acids is 10. The van der Waals surface area contributed by atoms with Gasteiger partial charge in [0.15, 0.2) is 0 Å². The number of hydrogen-bond acceptors (Lipinski definition) is 14. The van der Waals surface area contributed by atoms with Crippen molar-refractivity contribution in [2.45, 2.75) is 200 Å². The molecule has 10 amide bonds. The van der Waals surface area contributed by atoms with E-state index in [1.165, 1.54) is 18.7 Å². The third-order valence-electron chi connectivity index (χ3n) is 12.2. The second-order valence-electron chi connectivity index (χ2n) is 20.4. The van der Waals surface area contributed by atoms with E-state index in [9.17, 15) is 72.9 Å². The molecule has 420 valence electrons. The van der Waals surface area contributed by atoms with Gasteiger partial charge in [-0.25, -0.2) is 4.79 Å². The highest BCUT2D eigenvalue weighted by molar-refractivity contribution is 5.99. The Morgan fingerprint density at radius 1 is 0.568 bits per heavy atom. The molecule has 26 heteroatoms. The summed E-state index contributed by atoms with van der Waals surface area (Å²) >= 11 is 0. The first-order chi connectivity index (χ1) is 34.3. The minimum absolute atomic E-state index is 0.0480. The van der Waals surface area contributed by atoms with Gasteiger partial charge in [-0.15, -0.1) is 0 Å². The van der Waals surface area contributed by atoms with E-state index >= 15 is 0 Å². The number of rotatable bonds is 32. The number of likely N-dealkylation sites (tertiary alicyclic amines) is 1. The number of nitrogens with two attached hydrogens (primary N) is 2. The molecule has 74 heavy (non-hydrogen) atoms. The van der Waals surface area contributed by atoms with Crippen LogP contribution in [-0.2, 0) is 57.5 Å². The molecule has 0 bridgehead atoms. The molecule has 0 aromatic heterocycles. The number of primary amides is 1. The summed E-state index contributed by atoms with van der Waals surface area (Å²) < 4.78 is 0. The maximum absolute atomic E-state index is 13.9.